The van der Waals surface area contributed by atoms with Gasteiger partial charge in [0.25, 0.3) is 0 Å². The Kier molecular flexibility index (Phi) is 4.08. The second kappa shape index (κ2) is 5.38. The van der Waals surface area contributed by atoms with Crippen molar-refractivity contribution in [1.29, 1.82) is 0 Å². The molecule has 0 aromatic rings. The summed E-state index contributed by atoms with van der Waals surface area (Å²) >= 11 is 0. The second-order valence-electron chi connectivity index (χ2n) is 6.27. The summed E-state index contributed by atoms with van der Waals surface area (Å²) in [5.41, 5.74) is 5.94. The average molecular weight is 238 g/mol. The number of hydrogen-bond donors (Lipinski definition) is 2. The monoisotopic (exact) mass is 238 g/mol. The van der Waals surface area contributed by atoms with Gasteiger partial charge in [-0.15, -0.1) is 0 Å². The molecule has 0 aromatic carbocycles. The van der Waals surface area contributed by atoms with Crippen LogP contribution in [-0.2, 0) is 4.79 Å². The normalized spacial score (nSPS) is 31.6. The van der Waals surface area contributed by atoms with Gasteiger partial charge in [0.05, 0.1) is 0 Å². The molecule has 0 saturated heterocycles. The van der Waals surface area contributed by atoms with Crippen molar-refractivity contribution >= 4 is 5.91 Å². The fraction of sp³-hybridized carbons (Fsp3) is 0.929. The van der Waals surface area contributed by atoms with Gasteiger partial charge in [-0.2, -0.15) is 0 Å². The molecular formula is C14H26N2O. The zero-order valence-electron chi connectivity index (χ0n) is 11.0. The zero-order valence-corrected chi connectivity index (χ0v) is 11.0. The predicted octanol–water partition coefficient (Wildman–Crippen LogP) is 2.20. The zero-order chi connectivity index (χ0) is 12.3. The van der Waals surface area contributed by atoms with Crippen molar-refractivity contribution in [3.8, 4) is 0 Å². The highest BCUT2D eigenvalue weighted by atomic mass is 16.1. The quantitative estimate of drug-likeness (QED) is 0.789. The van der Waals surface area contributed by atoms with Crippen LogP contribution in [0.2, 0.25) is 0 Å². The lowest BCUT2D eigenvalue weighted by atomic mass is 9.66. The average Bonchev–Trinajstić information content (AvgIpc) is 2.23. The molecule has 0 aromatic heterocycles. The standard InChI is InChI=1S/C14H26N2O/c1-11-4-2-5-12(8-11)16-13(17)9-14(10-15)6-3-7-14/h11-12H,2-10,15H2,1H3,(H,16,17). The minimum atomic E-state index is 0.143. The first-order valence-electron chi connectivity index (χ1n) is 7.13. The molecule has 3 heteroatoms. The van der Waals surface area contributed by atoms with Crippen LogP contribution in [0, 0.1) is 11.3 Å². The van der Waals surface area contributed by atoms with E-state index in [-0.39, 0.29) is 11.3 Å². The minimum absolute atomic E-state index is 0.143. The molecule has 0 spiro atoms. The van der Waals surface area contributed by atoms with Gasteiger partial charge in [0.15, 0.2) is 0 Å². The smallest absolute Gasteiger partial charge is 0.220 e. The molecule has 0 aliphatic heterocycles. The molecule has 2 aliphatic carbocycles. The summed E-state index contributed by atoms with van der Waals surface area (Å²) in [5, 5.41) is 3.21. The highest BCUT2D eigenvalue weighted by Crippen LogP contribution is 2.42. The summed E-state index contributed by atoms with van der Waals surface area (Å²) in [4.78, 5) is 12.0. The summed E-state index contributed by atoms with van der Waals surface area (Å²) in [6.07, 6.45) is 9.05. The van der Waals surface area contributed by atoms with Crippen LogP contribution in [0.15, 0.2) is 0 Å². The maximum atomic E-state index is 12.0. The summed E-state index contributed by atoms with van der Waals surface area (Å²) in [6, 6.07) is 0.418. The van der Waals surface area contributed by atoms with Gasteiger partial charge in [-0.3, -0.25) is 4.79 Å². The number of carbonyl (C=O) groups excluding carboxylic acids is 1. The lowest BCUT2D eigenvalue weighted by molar-refractivity contribution is -0.125. The Bertz CT molecular complexity index is 268. The molecule has 2 rings (SSSR count). The molecular weight excluding hydrogens is 212 g/mol. The summed E-state index contributed by atoms with van der Waals surface area (Å²) < 4.78 is 0. The summed E-state index contributed by atoms with van der Waals surface area (Å²) in [5.74, 6) is 0.996. The van der Waals surface area contributed by atoms with Crippen molar-refractivity contribution < 1.29 is 4.79 Å². The first-order valence-corrected chi connectivity index (χ1v) is 7.13. The second-order valence-corrected chi connectivity index (χ2v) is 6.27. The van der Waals surface area contributed by atoms with E-state index < -0.39 is 0 Å². The van der Waals surface area contributed by atoms with E-state index in [2.05, 4.69) is 12.2 Å². The van der Waals surface area contributed by atoms with Crippen LogP contribution in [0.25, 0.3) is 0 Å². The topological polar surface area (TPSA) is 55.1 Å². The van der Waals surface area contributed by atoms with Crippen LogP contribution >= 0.6 is 0 Å². The van der Waals surface area contributed by atoms with Gasteiger partial charge in [-0.05, 0) is 43.6 Å². The molecule has 0 heterocycles. The van der Waals surface area contributed by atoms with E-state index in [1.165, 1.54) is 19.3 Å². The van der Waals surface area contributed by atoms with E-state index in [0.717, 1.165) is 31.6 Å². The minimum Gasteiger partial charge on any atom is -0.353 e. The van der Waals surface area contributed by atoms with Gasteiger partial charge < -0.3 is 11.1 Å². The van der Waals surface area contributed by atoms with E-state index in [4.69, 9.17) is 5.73 Å². The lowest BCUT2D eigenvalue weighted by Crippen LogP contribution is -2.45. The Hall–Kier alpha value is -0.570. The molecule has 2 atom stereocenters. The Morgan fingerprint density at radius 2 is 2.12 bits per heavy atom. The van der Waals surface area contributed by atoms with Crippen LogP contribution in [0.4, 0.5) is 0 Å². The van der Waals surface area contributed by atoms with Crippen molar-refractivity contribution in [3.05, 3.63) is 0 Å². The molecule has 2 aliphatic rings. The van der Waals surface area contributed by atoms with Crippen LogP contribution in [0.3, 0.4) is 0 Å². The Morgan fingerprint density at radius 1 is 1.35 bits per heavy atom. The van der Waals surface area contributed by atoms with Gasteiger partial charge in [0.1, 0.15) is 0 Å². The predicted molar refractivity (Wildman–Crippen MR) is 69.5 cm³/mol. The third-order valence-electron chi connectivity index (χ3n) is 4.68. The summed E-state index contributed by atoms with van der Waals surface area (Å²) in [6.45, 7) is 2.95. The fourth-order valence-corrected chi connectivity index (χ4v) is 3.31. The third-order valence-corrected chi connectivity index (χ3v) is 4.68. The molecule has 98 valence electrons. The number of hydrogen-bond acceptors (Lipinski definition) is 2. The molecule has 2 saturated carbocycles. The summed E-state index contributed by atoms with van der Waals surface area (Å²) in [7, 11) is 0. The molecule has 17 heavy (non-hydrogen) atoms. The number of nitrogens with one attached hydrogen (secondary N) is 1. The van der Waals surface area contributed by atoms with Crippen molar-refractivity contribution in [2.45, 2.75) is 64.3 Å². The lowest BCUT2D eigenvalue weighted by Gasteiger charge is -2.41. The number of amides is 1. The van der Waals surface area contributed by atoms with Crippen molar-refractivity contribution in [2.24, 2.45) is 17.1 Å². The molecule has 3 nitrogen and oxygen atoms in total. The fourth-order valence-electron chi connectivity index (χ4n) is 3.31. The molecule has 2 unspecified atom stereocenters. The van der Waals surface area contributed by atoms with Gasteiger partial charge in [0, 0.05) is 12.5 Å². The van der Waals surface area contributed by atoms with E-state index in [1.807, 2.05) is 0 Å². The number of rotatable bonds is 4. The van der Waals surface area contributed by atoms with Crippen LogP contribution in [0.1, 0.15) is 58.3 Å². The van der Waals surface area contributed by atoms with Crippen LogP contribution in [-0.4, -0.2) is 18.5 Å². The molecule has 0 bridgehead atoms. The maximum absolute atomic E-state index is 12.0. The van der Waals surface area contributed by atoms with Gasteiger partial charge in [-0.1, -0.05) is 26.2 Å². The van der Waals surface area contributed by atoms with Gasteiger partial charge >= 0.3 is 0 Å². The molecule has 1 amide bonds. The van der Waals surface area contributed by atoms with Crippen molar-refractivity contribution in [2.75, 3.05) is 6.54 Å². The first kappa shape index (κ1) is 12.9. The van der Waals surface area contributed by atoms with Crippen molar-refractivity contribution in [3.63, 3.8) is 0 Å². The number of nitrogens with two attached hydrogens (primary N) is 1. The van der Waals surface area contributed by atoms with E-state index >= 15 is 0 Å². The van der Waals surface area contributed by atoms with E-state index in [9.17, 15) is 4.79 Å². The Morgan fingerprint density at radius 3 is 2.65 bits per heavy atom. The largest absolute Gasteiger partial charge is 0.353 e. The van der Waals surface area contributed by atoms with E-state index in [1.54, 1.807) is 0 Å². The molecule has 0 radical (unpaired) electrons. The molecule has 3 N–H and O–H groups in total. The first-order chi connectivity index (χ1) is 8.13. The highest BCUT2D eigenvalue weighted by Gasteiger charge is 2.37. The van der Waals surface area contributed by atoms with Crippen LogP contribution < -0.4 is 11.1 Å². The van der Waals surface area contributed by atoms with Gasteiger partial charge in [-0.25, -0.2) is 0 Å². The van der Waals surface area contributed by atoms with Crippen molar-refractivity contribution in [1.82, 2.24) is 5.32 Å². The van der Waals surface area contributed by atoms with E-state index in [0.29, 0.717) is 19.0 Å². The third kappa shape index (κ3) is 3.21. The SMILES string of the molecule is CC1CCCC(NC(=O)CC2(CN)CCC2)C1. The Balaban J connectivity index is 1.76. The van der Waals surface area contributed by atoms with Gasteiger partial charge in [0.2, 0.25) is 5.91 Å². The Labute approximate surface area is 105 Å². The maximum Gasteiger partial charge on any atom is 0.220 e. The highest BCUT2D eigenvalue weighted by molar-refractivity contribution is 5.77. The number of carbonyl (C=O) groups is 1. The van der Waals surface area contributed by atoms with Crippen LogP contribution in [0.5, 0.6) is 0 Å². The molecule has 2 fully saturated rings.